The standard InChI is InChI=1S/C14H16N2O4/c1-20-14-11(5-6-13(18)19)8-15-16(14)9-10-3-2-4-12(17)7-10/h2-4,7-8,17H,5-6,9H2,1H3,(H,18,19). The van der Waals surface area contributed by atoms with Gasteiger partial charge in [0.05, 0.1) is 19.9 Å². The molecule has 0 aliphatic carbocycles. The Morgan fingerprint density at radius 2 is 2.25 bits per heavy atom. The number of nitrogens with zero attached hydrogens (tertiary/aromatic N) is 2. The topological polar surface area (TPSA) is 84.6 Å². The van der Waals surface area contributed by atoms with Crippen molar-refractivity contribution in [3.05, 3.63) is 41.6 Å². The van der Waals surface area contributed by atoms with Gasteiger partial charge in [-0.25, -0.2) is 4.68 Å². The summed E-state index contributed by atoms with van der Waals surface area (Å²) in [6.45, 7) is 0.449. The molecule has 6 nitrogen and oxygen atoms in total. The third kappa shape index (κ3) is 3.28. The molecule has 0 saturated carbocycles. The molecular weight excluding hydrogens is 260 g/mol. The van der Waals surface area contributed by atoms with Crippen molar-refractivity contribution in [3.8, 4) is 11.6 Å². The first-order valence-corrected chi connectivity index (χ1v) is 6.18. The number of aryl methyl sites for hydroxylation is 1. The number of rotatable bonds is 6. The van der Waals surface area contributed by atoms with E-state index in [4.69, 9.17) is 9.84 Å². The number of carbonyl (C=O) groups is 1. The average molecular weight is 276 g/mol. The third-order valence-electron chi connectivity index (χ3n) is 2.91. The number of hydrogen-bond acceptors (Lipinski definition) is 4. The van der Waals surface area contributed by atoms with Crippen LogP contribution in [0.4, 0.5) is 0 Å². The molecule has 0 atom stereocenters. The Hall–Kier alpha value is -2.50. The van der Waals surface area contributed by atoms with E-state index in [-0.39, 0.29) is 12.2 Å². The predicted molar refractivity (Wildman–Crippen MR) is 71.9 cm³/mol. The van der Waals surface area contributed by atoms with Crippen LogP contribution in [0, 0.1) is 0 Å². The maximum atomic E-state index is 10.6. The maximum absolute atomic E-state index is 10.6. The number of ether oxygens (including phenoxy) is 1. The monoisotopic (exact) mass is 276 g/mol. The van der Waals surface area contributed by atoms with Gasteiger partial charge in [0.25, 0.3) is 0 Å². The minimum Gasteiger partial charge on any atom is -0.508 e. The minimum atomic E-state index is -0.854. The molecule has 0 saturated heterocycles. The summed E-state index contributed by atoms with van der Waals surface area (Å²) >= 11 is 0. The Balaban J connectivity index is 2.17. The second-order valence-electron chi connectivity index (χ2n) is 4.40. The van der Waals surface area contributed by atoms with Crippen LogP contribution in [0.1, 0.15) is 17.5 Å². The minimum absolute atomic E-state index is 0.0359. The van der Waals surface area contributed by atoms with Crippen LogP contribution >= 0.6 is 0 Å². The van der Waals surface area contributed by atoms with Crippen molar-refractivity contribution >= 4 is 5.97 Å². The highest BCUT2D eigenvalue weighted by Gasteiger charge is 2.13. The summed E-state index contributed by atoms with van der Waals surface area (Å²) in [6.07, 6.45) is 2.03. The van der Waals surface area contributed by atoms with Crippen LogP contribution in [0.5, 0.6) is 11.6 Å². The molecule has 6 heteroatoms. The van der Waals surface area contributed by atoms with E-state index in [0.29, 0.717) is 18.8 Å². The number of aromatic hydroxyl groups is 1. The smallest absolute Gasteiger partial charge is 0.303 e. The molecule has 0 unspecified atom stereocenters. The summed E-state index contributed by atoms with van der Waals surface area (Å²) in [4.78, 5) is 10.6. The van der Waals surface area contributed by atoms with E-state index in [0.717, 1.165) is 11.1 Å². The molecule has 2 aromatic rings. The number of carboxylic acids is 1. The quantitative estimate of drug-likeness (QED) is 0.838. The van der Waals surface area contributed by atoms with E-state index in [1.807, 2.05) is 6.07 Å². The van der Waals surface area contributed by atoms with Crippen LogP contribution < -0.4 is 4.74 Å². The number of phenolic OH excluding ortho intramolecular Hbond substituents is 1. The summed E-state index contributed by atoms with van der Waals surface area (Å²) in [5.74, 6) is -0.109. The highest BCUT2D eigenvalue weighted by atomic mass is 16.5. The van der Waals surface area contributed by atoms with Gasteiger partial charge < -0.3 is 14.9 Å². The largest absolute Gasteiger partial charge is 0.508 e. The van der Waals surface area contributed by atoms with Crippen molar-refractivity contribution < 1.29 is 19.7 Å². The first kappa shape index (κ1) is 13.9. The highest BCUT2D eigenvalue weighted by molar-refractivity contribution is 5.67. The maximum Gasteiger partial charge on any atom is 0.303 e. The molecule has 20 heavy (non-hydrogen) atoms. The van der Waals surface area contributed by atoms with Crippen molar-refractivity contribution in [3.63, 3.8) is 0 Å². The molecule has 1 aromatic heterocycles. The summed E-state index contributed by atoms with van der Waals surface area (Å²) in [6, 6.07) is 6.88. The van der Waals surface area contributed by atoms with E-state index in [2.05, 4.69) is 5.10 Å². The second kappa shape index (κ2) is 6.10. The molecule has 0 bridgehead atoms. The summed E-state index contributed by atoms with van der Waals surface area (Å²) in [5.41, 5.74) is 1.64. The lowest BCUT2D eigenvalue weighted by atomic mass is 10.2. The Morgan fingerprint density at radius 3 is 2.90 bits per heavy atom. The first-order chi connectivity index (χ1) is 9.60. The summed E-state index contributed by atoms with van der Waals surface area (Å²) < 4.78 is 6.94. The number of benzene rings is 1. The molecule has 1 aromatic carbocycles. The van der Waals surface area contributed by atoms with Gasteiger partial charge in [0, 0.05) is 12.0 Å². The number of methoxy groups -OCH3 is 1. The molecule has 0 aliphatic heterocycles. The summed E-state index contributed by atoms with van der Waals surface area (Å²) in [7, 11) is 1.53. The predicted octanol–water partition coefficient (Wildman–Crippen LogP) is 1.66. The van der Waals surface area contributed by atoms with E-state index in [1.165, 1.54) is 7.11 Å². The van der Waals surface area contributed by atoms with E-state index < -0.39 is 5.97 Å². The number of phenols is 1. The lowest BCUT2D eigenvalue weighted by Crippen LogP contribution is -2.05. The van der Waals surface area contributed by atoms with Gasteiger partial charge in [0.15, 0.2) is 0 Å². The van der Waals surface area contributed by atoms with Gasteiger partial charge >= 0.3 is 5.97 Å². The zero-order chi connectivity index (χ0) is 14.5. The van der Waals surface area contributed by atoms with Gasteiger partial charge in [-0.2, -0.15) is 5.10 Å². The molecule has 0 fully saturated rings. The van der Waals surface area contributed by atoms with Crippen molar-refractivity contribution in [2.24, 2.45) is 0 Å². The number of carboxylic acid groups (broad SMARTS) is 1. The van der Waals surface area contributed by atoms with Gasteiger partial charge in [-0.1, -0.05) is 12.1 Å². The Bertz CT molecular complexity index is 607. The number of aromatic nitrogens is 2. The fourth-order valence-corrected chi connectivity index (χ4v) is 2.00. The Morgan fingerprint density at radius 1 is 1.45 bits per heavy atom. The third-order valence-corrected chi connectivity index (χ3v) is 2.91. The lowest BCUT2D eigenvalue weighted by Gasteiger charge is -2.08. The molecule has 0 radical (unpaired) electrons. The van der Waals surface area contributed by atoms with Crippen LogP contribution in [0.25, 0.3) is 0 Å². The molecule has 2 N–H and O–H groups in total. The van der Waals surface area contributed by atoms with Crippen molar-refractivity contribution in [1.82, 2.24) is 9.78 Å². The SMILES string of the molecule is COc1c(CCC(=O)O)cnn1Cc1cccc(O)c1. The van der Waals surface area contributed by atoms with Crippen LogP contribution in [-0.2, 0) is 17.8 Å². The lowest BCUT2D eigenvalue weighted by molar-refractivity contribution is -0.136. The van der Waals surface area contributed by atoms with Crippen molar-refractivity contribution in [1.29, 1.82) is 0 Å². The molecule has 0 spiro atoms. The van der Waals surface area contributed by atoms with Crippen LogP contribution in [0.3, 0.4) is 0 Å². The van der Waals surface area contributed by atoms with Crippen LogP contribution in [0.15, 0.2) is 30.5 Å². The molecule has 2 rings (SSSR count). The molecule has 1 heterocycles. The molecule has 0 aliphatic rings. The van der Waals surface area contributed by atoms with Crippen LogP contribution in [-0.4, -0.2) is 33.1 Å². The molecular formula is C14H16N2O4. The van der Waals surface area contributed by atoms with Gasteiger partial charge in [-0.3, -0.25) is 4.79 Å². The van der Waals surface area contributed by atoms with Gasteiger partial charge in [-0.15, -0.1) is 0 Å². The van der Waals surface area contributed by atoms with Crippen molar-refractivity contribution in [2.75, 3.05) is 7.11 Å². The van der Waals surface area contributed by atoms with Gasteiger partial charge in [0.2, 0.25) is 5.88 Å². The Kier molecular flexibility index (Phi) is 4.24. The van der Waals surface area contributed by atoms with Gasteiger partial charge in [-0.05, 0) is 24.1 Å². The zero-order valence-electron chi connectivity index (χ0n) is 11.1. The number of aliphatic carboxylic acids is 1. The second-order valence-corrected chi connectivity index (χ2v) is 4.40. The normalized spacial score (nSPS) is 10.4. The highest BCUT2D eigenvalue weighted by Crippen LogP contribution is 2.21. The Labute approximate surface area is 116 Å². The number of hydrogen-bond donors (Lipinski definition) is 2. The molecule has 106 valence electrons. The zero-order valence-corrected chi connectivity index (χ0v) is 11.1. The van der Waals surface area contributed by atoms with Crippen molar-refractivity contribution in [2.45, 2.75) is 19.4 Å². The average Bonchev–Trinajstić information content (AvgIpc) is 2.78. The van der Waals surface area contributed by atoms with E-state index >= 15 is 0 Å². The van der Waals surface area contributed by atoms with Crippen LogP contribution in [0.2, 0.25) is 0 Å². The first-order valence-electron chi connectivity index (χ1n) is 6.18. The van der Waals surface area contributed by atoms with E-state index in [1.54, 1.807) is 29.1 Å². The van der Waals surface area contributed by atoms with Gasteiger partial charge in [0.1, 0.15) is 5.75 Å². The fraction of sp³-hybridized carbons (Fsp3) is 0.286. The fourth-order valence-electron chi connectivity index (χ4n) is 2.00. The molecule has 0 amide bonds. The van der Waals surface area contributed by atoms with E-state index in [9.17, 15) is 9.90 Å². The summed E-state index contributed by atoms with van der Waals surface area (Å²) in [5, 5.41) is 22.4.